The van der Waals surface area contributed by atoms with Crippen LogP contribution in [0.3, 0.4) is 0 Å². The number of hydrogen-bond donors (Lipinski definition) is 0. The second-order valence-corrected chi connectivity index (χ2v) is 7.46. The van der Waals surface area contributed by atoms with Gasteiger partial charge in [-0.25, -0.2) is 0 Å². The van der Waals surface area contributed by atoms with Gasteiger partial charge in [0.25, 0.3) is 0 Å². The summed E-state index contributed by atoms with van der Waals surface area (Å²) in [6.07, 6.45) is 5.85. The Hall–Kier alpha value is -0.460. The van der Waals surface area contributed by atoms with Crippen LogP contribution in [0.25, 0.3) is 0 Å². The molecule has 4 aliphatic rings. The molecule has 0 saturated carbocycles. The molecule has 0 N–H and O–H groups in total. The molecule has 1 spiro atoms. The zero-order valence-electron chi connectivity index (χ0n) is 13.1. The molecule has 5 heteroatoms. The lowest BCUT2D eigenvalue weighted by Crippen LogP contribution is -2.47. The first-order chi connectivity index (χ1) is 9.81. The van der Waals surface area contributed by atoms with E-state index < -0.39 is 11.6 Å². The monoisotopic (exact) mass is 296 g/mol. The van der Waals surface area contributed by atoms with Gasteiger partial charge in [0.1, 0.15) is 12.2 Å². The summed E-state index contributed by atoms with van der Waals surface area (Å²) >= 11 is 0. The minimum atomic E-state index is -0.581. The second kappa shape index (κ2) is 4.30. The van der Waals surface area contributed by atoms with E-state index in [-0.39, 0.29) is 30.0 Å². The maximum atomic E-state index is 6.24. The number of ether oxygens (including phenoxy) is 5. The zero-order valence-corrected chi connectivity index (χ0v) is 13.1. The fourth-order valence-electron chi connectivity index (χ4n) is 4.14. The third kappa shape index (κ3) is 2.10. The number of rotatable bonds is 1. The highest BCUT2D eigenvalue weighted by atomic mass is 16.8. The first-order valence-corrected chi connectivity index (χ1v) is 7.79. The van der Waals surface area contributed by atoms with Crippen LogP contribution >= 0.6 is 0 Å². The molecule has 21 heavy (non-hydrogen) atoms. The van der Waals surface area contributed by atoms with Crippen LogP contribution in [0.2, 0.25) is 0 Å². The van der Waals surface area contributed by atoms with E-state index >= 15 is 0 Å². The third-order valence-corrected chi connectivity index (χ3v) is 5.00. The molecule has 0 aromatic carbocycles. The Morgan fingerprint density at radius 2 is 1.57 bits per heavy atom. The molecule has 3 heterocycles. The van der Waals surface area contributed by atoms with E-state index in [0.29, 0.717) is 6.61 Å². The maximum absolute atomic E-state index is 6.24. The van der Waals surface area contributed by atoms with E-state index in [4.69, 9.17) is 23.7 Å². The molecular formula is C16H24O5. The minimum absolute atomic E-state index is 0.0418. The summed E-state index contributed by atoms with van der Waals surface area (Å²) in [5.41, 5.74) is -0.0904. The predicted molar refractivity (Wildman–Crippen MR) is 74.4 cm³/mol. The highest BCUT2D eigenvalue weighted by Crippen LogP contribution is 2.56. The number of fused-ring (bicyclic) bond motifs is 2. The highest BCUT2D eigenvalue weighted by Gasteiger charge is 2.65. The van der Waals surface area contributed by atoms with Gasteiger partial charge in [-0.1, -0.05) is 12.2 Å². The van der Waals surface area contributed by atoms with Crippen molar-refractivity contribution in [1.29, 1.82) is 0 Å². The van der Waals surface area contributed by atoms with Gasteiger partial charge < -0.3 is 23.7 Å². The summed E-state index contributed by atoms with van der Waals surface area (Å²) < 4.78 is 30.1. The van der Waals surface area contributed by atoms with Crippen molar-refractivity contribution in [1.82, 2.24) is 0 Å². The van der Waals surface area contributed by atoms with Gasteiger partial charge >= 0.3 is 0 Å². The van der Waals surface area contributed by atoms with E-state index in [0.717, 1.165) is 12.8 Å². The van der Waals surface area contributed by atoms with E-state index in [9.17, 15) is 0 Å². The average Bonchev–Trinajstić information content (AvgIpc) is 3.08. The quantitative estimate of drug-likeness (QED) is 0.695. The van der Waals surface area contributed by atoms with Gasteiger partial charge in [-0.2, -0.15) is 0 Å². The Bertz CT molecular complexity index is 461. The van der Waals surface area contributed by atoms with Crippen molar-refractivity contribution < 1.29 is 23.7 Å². The SMILES string of the molecule is CC1(C)OC[C@H]([C@H]2O[C@@H]3OC(C)(C)O[C@@H]3C23CC=CC3)O1. The average molecular weight is 296 g/mol. The summed E-state index contributed by atoms with van der Waals surface area (Å²) in [5, 5.41) is 0. The topological polar surface area (TPSA) is 46.2 Å². The fraction of sp³-hybridized carbons (Fsp3) is 0.875. The van der Waals surface area contributed by atoms with Gasteiger partial charge in [0.2, 0.25) is 0 Å². The van der Waals surface area contributed by atoms with Crippen molar-refractivity contribution in [3.05, 3.63) is 12.2 Å². The van der Waals surface area contributed by atoms with Crippen molar-refractivity contribution in [2.75, 3.05) is 6.61 Å². The van der Waals surface area contributed by atoms with Crippen molar-refractivity contribution >= 4 is 0 Å². The third-order valence-electron chi connectivity index (χ3n) is 5.00. The molecule has 118 valence electrons. The van der Waals surface area contributed by atoms with Crippen LogP contribution in [-0.4, -0.2) is 42.8 Å². The standard InChI is InChI=1S/C16H24O5/c1-14(2)17-9-10(19-14)11-16(7-5-6-8-16)12-13(18-11)21-15(3,4)20-12/h5-6,10-13H,7-9H2,1-4H3/t10-,11-,12+,13-/m1/s1. The molecule has 0 amide bonds. The molecule has 3 aliphatic heterocycles. The fourth-order valence-corrected chi connectivity index (χ4v) is 4.14. The molecule has 0 unspecified atom stereocenters. The summed E-state index contributed by atoms with van der Waals surface area (Å²) in [6, 6.07) is 0. The summed E-state index contributed by atoms with van der Waals surface area (Å²) in [7, 11) is 0. The van der Waals surface area contributed by atoms with Crippen LogP contribution in [0, 0.1) is 5.41 Å². The normalized spacial score (nSPS) is 45.5. The summed E-state index contributed by atoms with van der Waals surface area (Å²) in [5.74, 6) is -1.12. The van der Waals surface area contributed by atoms with Gasteiger partial charge in [-0.05, 0) is 40.5 Å². The summed E-state index contributed by atoms with van der Waals surface area (Å²) in [6.45, 7) is 8.33. The van der Waals surface area contributed by atoms with Gasteiger partial charge in [0.15, 0.2) is 17.9 Å². The Morgan fingerprint density at radius 3 is 2.19 bits per heavy atom. The molecular weight excluding hydrogens is 272 g/mol. The van der Waals surface area contributed by atoms with Crippen molar-refractivity contribution in [3.8, 4) is 0 Å². The molecule has 0 bridgehead atoms. The van der Waals surface area contributed by atoms with Gasteiger partial charge in [0, 0.05) is 5.41 Å². The van der Waals surface area contributed by atoms with Gasteiger partial charge in [-0.3, -0.25) is 0 Å². The number of allylic oxidation sites excluding steroid dienone is 2. The van der Waals surface area contributed by atoms with E-state index in [1.807, 2.05) is 27.7 Å². The lowest BCUT2D eigenvalue weighted by atomic mass is 9.74. The Morgan fingerprint density at radius 1 is 0.857 bits per heavy atom. The van der Waals surface area contributed by atoms with E-state index in [2.05, 4.69) is 12.2 Å². The van der Waals surface area contributed by atoms with E-state index in [1.165, 1.54) is 0 Å². The Balaban J connectivity index is 1.61. The molecule has 5 nitrogen and oxygen atoms in total. The van der Waals surface area contributed by atoms with E-state index in [1.54, 1.807) is 0 Å². The molecule has 0 aromatic rings. The Labute approximate surface area is 125 Å². The predicted octanol–water partition coefficient (Wildman–Crippen LogP) is 2.35. The maximum Gasteiger partial charge on any atom is 0.188 e. The van der Waals surface area contributed by atoms with Crippen LogP contribution in [0.15, 0.2) is 12.2 Å². The van der Waals surface area contributed by atoms with Gasteiger partial charge in [0.05, 0.1) is 12.7 Å². The molecule has 4 atom stereocenters. The number of hydrogen-bond acceptors (Lipinski definition) is 5. The summed E-state index contributed by atoms with van der Waals surface area (Å²) in [4.78, 5) is 0. The smallest absolute Gasteiger partial charge is 0.188 e. The lowest BCUT2D eigenvalue weighted by Gasteiger charge is -2.37. The molecule has 3 fully saturated rings. The molecule has 4 rings (SSSR count). The zero-order chi connectivity index (χ0) is 14.9. The second-order valence-electron chi connectivity index (χ2n) is 7.46. The van der Waals surface area contributed by atoms with Crippen molar-refractivity contribution in [2.24, 2.45) is 5.41 Å². The van der Waals surface area contributed by atoms with Crippen LogP contribution < -0.4 is 0 Å². The van der Waals surface area contributed by atoms with Crippen molar-refractivity contribution in [2.45, 2.75) is 76.7 Å². The molecule has 1 aliphatic carbocycles. The highest BCUT2D eigenvalue weighted by molar-refractivity contribution is 5.16. The van der Waals surface area contributed by atoms with Crippen molar-refractivity contribution in [3.63, 3.8) is 0 Å². The first kappa shape index (κ1) is 14.2. The van der Waals surface area contributed by atoms with Crippen LogP contribution in [0.4, 0.5) is 0 Å². The molecule has 0 radical (unpaired) electrons. The molecule has 0 aromatic heterocycles. The van der Waals surface area contributed by atoms with Crippen LogP contribution in [0.1, 0.15) is 40.5 Å². The Kier molecular flexibility index (Phi) is 2.90. The van der Waals surface area contributed by atoms with Crippen LogP contribution in [-0.2, 0) is 23.7 Å². The minimum Gasteiger partial charge on any atom is -0.348 e. The van der Waals surface area contributed by atoms with Gasteiger partial charge in [-0.15, -0.1) is 0 Å². The first-order valence-electron chi connectivity index (χ1n) is 7.79. The van der Waals surface area contributed by atoms with Crippen LogP contribution in [0.5, 0.6) is 0 Å². The molecule has 3 saturated heterocycles. The lowest BCUT2D eigenvalue weighted by molar-refractivity contribution is -0.236. The largest absolute Gasteiger partial charge is 0.348 e.